The second-order valence-electron chi connectivity index (χ2n) is 12.8. The van der Waals surface area contributed by atoms with Crippen LogP contribution in [-0.4, -0.2) is 41.0 Å². The number of hydrogen-bond donors (Lipinski definition) is 2. The molecule has 0 radical (unpaired) electrons. The Morgan fingerprint density at radius 2 is 0.833 bits per heavy atom. The van der Waals surface area contributed by atoms with Crippen molar-refractivity contribution in [2.75, 3.05) is 13.2 Å². The third kappa shape index (κ3) is 41.5. The first-order valence-electron chi connectivity index (χ1n) is 20.2. The highest BCUT2D eigenvalue weighted by Crippen LogP contribution is 2.36. The minimum absolute atomic E-state index is 0.160. The second kappa shape index (κ2) is 39.4. The Kier molecular flexibility index (Phi) is 37.0. The van der Waals surface area contributed by atoms with Gasteiger partial charge in [-0.15, -0.1) is 0 Å². The Hall–Kier alpha value is -3.29. The summed E-state index contributed by atoms with van der Waals surface area (Å²) in [5.41, 5.74) is 0. The number of phosphoric ester groups is 1. The zero-order valence-electron chi connectivity index (χ0n) is 33.3. The van der Waals surface area contributed by atoms with E-state index in [9.17, 15) is 14.2 Å². The molecule has 0 aromatic carbocycles. The van der Waals surface area contributed by atoms with Crippen molar-refractivity contribution < 1.29 is 37.9 Å². The number of unbranched alkanes of at least 4 members (excludes halogenated alkanes) is 7. The van der Waals surface area contributed by atoms with Crippen LogP contribution in [0.4, 0.5) is 0 Å². The molecule has 0 aromatic heterocycles. The van der Waals surface area contributed by atoms with E-state index < -0.39 is 32.5 Å². The Morgan fingerprint density at radius 1 is 0.481 bits per heavy atom. The van der Waals surface area contributed by atoms with Crippen LogP contribution < -0.4 is 0 Å². The topological polar surface area (TPSA) is 119 Å². The lowest BCUT2D eigenvalue weighted by Gasteiger charge is -2.18. The number of carbonyl (C=O) groups is 2. The monoisotopic (exact) mass is 770 g/mol. The van der Waals surface area contributed by atoms with Crippen molar-refractivity contribution in [2.24, 2.45) is 0 Å². The fraction of sp³-hybridized carbons (Fsp3) is 0.556. The van der Waals surface area contributed by atoms with Gasteiger partial charge in [-0.1, -0.05) is 142 Å². The van der Waals surface area contributed by atoms with Gasteiger partial charge >= 0.3 is 19.8 Å². The molecule has 0 saturated heterocycles. The molecule has 8 nitrogen and oxygen atoms in total. The molecule has 9 heteroatoms. The maximum absolute atomic E-state index is 12.4. The van der Waals surface area contributed by atoms with Gasteiger partial charge in [0, 0.05) is 12.8 Å². The smallest absolute Gasteiger partial charge is 0.462 e. The van der Waals surface area contributed by atoms with E-state index in [1.807, 2.05) is 0 Å². The van der Waals surface area contributed by atoms with Crippen molar-refractivity contribution in [3.05, 3.63) is 109 Å². The first-order chi connectivity index (χ1) is 26.3. The lowest BCUT2D eigenvalue weighted by Crippen LogP contribution is -2.29. The fourth-order valence-corrected chi connectivity index (χ4v) is 5.22. The highest BCUT2D eigenvalue weighted by molar-refractivity contribution is 7.46. The van der Waals surface area contributed by atoms with Crippen LogP contribution in [0.2, 0.25) is 0 Å². The number of rotatable bonds is 35. The molecule has 0 heterocycles. The molecule has 0 saturated carbocycles. The summed E-state index contributed by atoms with van der Waals surface area (Å²) in [5, 5.41) is 0. The molecule has 0 rings (SSSR count). The molecule has 2 N–H and O–H groups in total. The van der Waals surface area contributed by atoms with Crippen molar-refractivity contribution in [3.63, 3.8) is 0 Å². The standard InChI is InChI=1S/C45H71O8P/c1-3-5-7-9-11-13-15-17-19-21-22-24-26-28-30-32-34-36-38-40-45(47)53-43(42-52-54(48,49)50)41-51-44(46)39-37-35-33-31-29-27-25-23-20-18-16-14-12-10-8-6-4-2/h5-8,11-14,17-20,22,24-25,27-28,30,43H,3-4,9-10,15-16,21,23,26,29,31-42H2,1-2H3,(H2,48,49,50)/b7-5-,8-6-,13-11-,14-12-,19-17-,20-18-,24-22-,27-25-,30-28-. The van der Waals surface area contributed by atoms with Gasteiger partial charge in [-0.25, -0.2) is 4.57 Å². The summed E-state index contributed by atoms with van der Waals surface area (Å²) in [4.78, 5) is 42.8. The average molecular weight is 771 g/mol. The van der Waals surface area contributed by atoms with E-state index in [1.165, 1.54) is 0 Å². The highest BCUT2D eigenvalue weighted by atomic mass is 31.2. The van der Waals surface area contributed by atoms with Gasteiger partial charge in [0.25, 0.3) is 0 Å². The predicted molar refractivity (Wildman–Crippen MR) is 225 cm³/mol. The summed E-state index contributed by atoms with van der Waals surface area (Å²) in [6.07, 6.45) is 55.2. The minimum atomic E-state index is -4.78. The maximum atomic E-state index is 12.4. The molecule has 1 unspecified atom stereocenters. The Labute approximate surface area is 327 Å². The van der Waals surface area contributed by atoms with Crippen LogP contribution in [0.25, 0.3) is 0 Å². The van der Waals surface area contributed by atoms with Crippen LogP contribution >= 0.6 is 7.82 Å². The predicted octanol–water partition coefficient (Wildman–Crippen LogP) is 12.4. The Bertz CT molecular complexity index is 1230. The van der Waals surface area contributed by atoms with Crippen molar-refractivity contribution in [3.8, 4) is 0 Å². The van der Waals surface area contributed by atoms with E-state index in [1.54, 1.807) is 0 Å². The SMILES string of the molecule is CC/C=C\C/C=C\C/C=C\C/C=C\C/C=C\CCCCCC(=O)OC(COC(=O)CCCCCC/C=C\C/C=C\C/C=C\C/C=C\CC)COP(=O)(O)O. The molecule has 304 valence electrons. The molecule has 1 atom stereocenters. The number of allylic oxidation sites excluding steroid dienone is 18. The molecule has 0 aliphatic rings. The normalized spacial score (nSPS) is 13.6. The Morgan fingerprint density at radius 3 is 1.24 bits per heavy atom. The molecular weight excluding hydrogens is 699 g/mol. The van der Waals surface area contributed by atoms with Crippen LogP contribution in [0.5, 0.6) is 0 Å². The van der Waals surface area contributed by atoms with Gasteiger partial charge in [0.15, 0.2) is 6.10 Å². The van der Waals surface area contributed by atoms with Gasteiger partial charge in [0.1, 0.15) is 6.61 Å². The van der Waals surface area contributed by atoms with E-state index in [-0.39, 0.29) is 19.4 Å². The number of carbonyl (C=O) groups excluding carboxylic acids is 2. The van der Waals surface area contributed by atoms with Crippen molar-refractivity contribution in [1.29, 1.82) is 0 Å². The van der Waals surface area contributed by atoms with Crippen LogP contribution in [0.3, 0.4) is 0 Å². The quantitative estimate of drug-likeness (QED) is 0.0283. The molecule has 0 bridgehead atoms. The number of hydrogen-bond acceptors (Lipinski definition) is 6. The van der Waals surface area contributed by atoms with Gasteiger partial charge in [-0.3, -0.25) is 14.1 Å². The van der Waals surface area contributed by atoms with Crippen LogP contribution in [0, 0.1) is 0 Å². The summed E-state index contributed by atoms with van der Waals surface area (Å²) < 4.78 is 26.3. The lowest BCUT2D eigenvalue weighted by molar-refractivity contribution is -0.161. The van der Waals surface area contributed by atoms with E-state index in [2.05, 4.69) is 128 Å². The van der Waals surface area contributed by atoms with E-state index >= 15 is 0 Å². The molecule has 0 amide bonds. The maximum Gasteiger partial charge on any atom is 0.469 e. The molecular formula is C45H71O8P. The molecule has 0 spiro atoms. The first-order valence-corrected chi connectivity index (χ1v) is 21.7. The first kappa shape index (κ1) is 50.7. The molecule has 0 aromatic rings. The summed E-state index contributed by atoms with van der Waals surface area (Å²) in [5.74, 6) is -0.963. The van der Waals surface area contributed by atoms with Crippen LogP contribution in [-0.2, 0) is 28.2 Å². The van der Waals surface area contributed by atoms with E-state index in [4.69, 9.17) is 19.3 Å². The van der Waals surface area contributed by atoms with Crippen LogP contribution in [0.15, 0.2) is 109 Å². The van der Waals surface area contributed by atoms with Gasteiger partial charge < -0.3 is 19.3 Å². The van der Waals surface area contributed by atoms with Crippen molar-refractivity contribution >= 4 is 19.8 Å². The van der Waals surface area contributed by atoms with Gasteiger partial charge in [0.05, 0.1) is 6.61 Å². The fourth-order valence-electron chi connectivity index (χ4n) is 4.86. The lowest BCUT2D eigenvalue weighted by atomic mass is 10.1. The summed E-state index contributed by atoms with van der Waals surface area (Å²) in [6, 6.07) is 0. The van der Waals surface area contributed by atoms with Gasteiger partial charge in [-0.05, 0) is 96.3 Å². The number of esters is 2. The molecule has 0 aliphatic heterocycles. The van der Waals surface area contributed by atoms with E-state index in [0.29, 0.717) is 12.8 Å². The van der Waals surface area contributed by atoms with Crippen molar-refractivity contribution in [2.45, 2.75) is 148 Å². The summed E-state index contributed by atoms with van der Waals surface area (Å²) in [7, 11) is -4.78. The average Bonchev–Trinajstić information content (AvgIpc) is 3.14. The molecule has 54 heavy (non-hydrogen) atoms. The Balaban J connectivity index is 4.09. The summed E-state index contributed by atoms with van der Waals surface area (Å²) in [6.45, 7) is 3.39. The largest absolute Gasteiger partial charge is 0.469 e. The molecule has 0 fully saturated rings. The third-order valence-electron chi connectivity index (χ3n) is 7.79. The zero-order valence-corrected chi connectivity index (χ0v) is 34.2. The third-order valence-corrected chi connectivity index (χ3v) is 8.27. The minimum Gasteiger partial charge on any atom is -0.462 e. The van der Waals surface area contributed by atoms with Crippen LogP contribution in [0.1, 0.15) is 142 Å². The summed E-state index contributed by atoms with van der Waals surface area (Å²) >= 11 is 0. The van der Waals surface area contributed by atoms with Gasteiger partial charge in [0.2, 0.25) is 0 Å². The van der Waals surface area contributed by atoms with Gasteiger partial charge in [-0.2, -0.15) is 0 Å². The second-order valence-corrected chi connectivity index (χ2v) is 14.1. The van der Waals surface area contributed by atoms with Crippen molar-refractivity contribution in [1.82, 2.24) is 0 Å². The molecule has 0 aliphatic carbocycles. The van der Waals surface area contributed by atoms with E-state index in [0.717, 1.165) is 103 Å². The number of phosphoric acid groups is 1. The highest BCUT2D eigenvalue weighted by Gasteiger charge is 2.22. The zero-order chi connectivity index (χ0) is 39.6. The number of ether oxygens (including phenoxy) is 2.